The smallest absolute Gasteiger partial charge is 0.338 e. The van der Waals surface area contributed by atoms with Crippen LogP contribution in [0.15, 0.2) is 69.4 Å². The maximum Gasteiger partial charge on any atom is 0.338 e. The summed E-state index contributed by atoms with van der Waals surface area (Å²) in [7, 11) is 3.13. The average Bonchev–Trinajstić information content (AvgIpc) is 3.36. The molecule has 0 fully saturated rings. The van der Waals surface area contributed by atoms with Crippen LogP contribution in [-0.2, 0) is 9.53 Å². The molecule has 182 valence electrons. The standard InChI is InChI=1S/C24H24N4O6S/c1-4-33-22(29)19-17(25-23(30)26-20(19)14-9-11-15(31-2)12-10-14)13-35-24-28-27-21(34-24)16-7-5-6-8-18(16)32-3/h5-12,20H,4,13H2,1-3H3,(H2,25,26,30). The molecule has 0 spiro atoms. The van der Waals surface area contributed by atoms with Gasteiger partial charge in [0.25, 0.3) is 11.1 Å². The van der Waals surface area contributed by atoms with Crippen molar-refractivity contribution in [2.45, 2.75) is 18.2 Å². The predicted octanol–water partition coefficient (Wildman–Crippen LogP) is 3.72. The molecule has 2 aromatic carbocycles. The zero-order valence-electron chi connectivity index (χ0n) is 19.4. The average molecular weight is 497 g/mol. The van der Waals surface area contributed by atoms with Gasteiger partial charge in [0.05, 0.1) is 38.0 Å². The number of rotatable bonds is 9. The van der Waals surface area contributed by atoms with Gasteiger partial charge in [-0.2, -0.15) is 0 Å². The van der Waals surface area contributed by atoms with Crippen LogP contribution in [0.3, 0.4) is 0 Å². The highest BCUT2D eigenvalue weighted by Gasteiger charge is 2.34. The Balaban J connectivity index is 1.62. The molecule has 35 heavy (non-hydrogen) atoms. The lowest BCUT2D eigenvalue weighted by Gasteiger charge is -2.29. The molecule has 2 amide bonds. The van der Waals surface area contributed by atoms with Crippen LogP contribution < -0.4 is 20.1 Å². The molecule has 1 aromatic heterocycles. The first-order chi connectivity index (χ1) is 17.0. The monoisotopic (exact) mass is 496 g/mol. The van der Waals surface area contributed by atoms with Crippen LogP contribution >= 0.6 is 11.8 Å². The minimum absolute atomic E-state index is 0.192. The van der Waals surface area contributed by atoms with Gasteiger partial charge in [0.1, 0.15) is 11.5 Å². The van der Waals surface area contributed by atoms with Gasteiger partial charge in [-0.3, -0.25) is 0 Å². The highest BCUT2D eigenvalue weighted by molar-refractivity contribution is 7.99. The van der Waals surface area contributed by atoms with Gasteiger partial charge in [-0.25, -0.2) is 9.59 Å². The van der Waals surface area contributed by atoms with Crippen LogP contribution in [-0.4, -0.2) is 48.8 Å². The highest BCUT2D eigenvalue weighted by atomic mass is 32.2. The lowest BCUT2D eigenvalue weighted by atomic mass is 9.95. The van der Waals surface area contributed by atoms with Crippen LogP contribution in [0.25, 0.3) is 11.5 Å². The molecule has 3 aromatic rings. The van der Waals surface area contributed by atoms with Crippen LogP contribution in [0, 0.1) is 0 Å². The topological polar surface area (TPSA) is 125 Å². The Hall–Kier alpha value is -3.99. The maximum absolute atomic E-state index is 12.9. The number of carbonyl (C=O) groups is 2. The number of hydrogen-bond donors (Lipinski definition) is 2. The summed E-state index contributed by atoms with van der Waals surface area (Å²) in [5.74, 6) is 1.23. The number of thioether (sulfide) groups is 1. The molecule has 2 heterocycles. The van der Waals surface area contributed by atoms with Gasteiger partial charge in [0, 0.05) is 11.4 Å². The number of para-hydroxylation sites is 1. The van der Waals surface area contributed by atoms with E-state index < -0.39 is 18.0 Å². The second-order valence-electron chi connectivity index (χ2n) is 7.28. The van der Waals surface area contributed by atoms with Crippen LogP contribution in [0.2, 0.25) is 0 Å². The number of carbonyl (C=O) groups excluding carboxylic acids is 2. The van der Waals surface area contributed by atoms with Crippen molar-refractivity contribution in [1.29, 1.82) is 0 Å². The van der Waals surface area contributed by atoms with Crippen molar-refractivity contribution in [3.8, 4) is 23.0 Å². The van der Waals surface area contributed by atoms with E-state index in [-0.39, 0.29) is 17.6 Å². The fourth-order valence-electron chi connectivity index (χ4n) is 3.56. The minimum atomic E-state index is -0.698. The molecule has 0 radical (unpaired) electrons. The Morgan fingerprint density at radius 2 is 1.86 bits per heavy atom. The molecule has 4 rings (SSSR count). The van der Waals surface area contributed by atoms with Gasteiger partial charge in [0.2, 0.25) is 0 Å². The second-order valence-corrected chi connectivity index (χ2v) is 8.21. The highest BCUT2D eigenvalue weighted by Crippen LogP contribution is 2.33. The van der Waals surface area contributed by atoms with Gasteiger partial charge < -0.3 is 29.3 Å². The summed E-state index contributed by atoms with van der Waals surface area (Å²) in [6.45, 7) is 1.92. The van der Waals surface area contributed by atoms with Crippen molar-refractivity contribution in [1.82, 2.24) is 20.8 Å². The number of nitrogens with zero attached hydrogens (tertiary/aromatic N) is 2. The Morgan fingerprint density at radius 1 is 1.09 bits per heavy atom. The number of esters is 1. The minimum Gasteiger partial charge on any atom is -0.497 e. The lowest BCUT2D eigenvalue weighted by molar-refractivity contribution is -0.139. The summed E-state index contributed by atoms with van der Waals surface area (Å²) in [6, 6.07) is 13.3. The zero-order valence-corrected chi connectivity index (χ0v) is 20.2. The van der Waals surface area contributed by atoms with Gasteiger partial charge in [-0.05, 0) is 36.8 Å². The summed E-state index contributed by atoms with van der Waals surface area (Å²) in [6.07, 6.45) is 0. The lowest BCUT2D eigenvalue weighted by Crippen LogP contribution is -2.46. The van der Waals surface area contributed by atoms with Gasteiger partial charge in [-0.1, -0.05) is 36.0 Å². The molecule has 0 bridgehead atoms. The Morgan fingerprint density at radius 3 is 2.57 bits per heavy atom. The molecule has 0 saturated heterocycles. The quantitative estimate of drug-likeness (QED) is 0.337. The van der Waals surface area contributed by atoms with Crippen molar-refractivity contribution >= 4 is 23.8 Å². The number of benzene rings is 2. The number of ether oxygens (including phenoxy) is 3. The van der Waals surface area contributed by atoms with E-state index in [2.05, 4.69) is 20.8 Å². The summed E-state index contributed by atoms with van der Waals surface area (Å²) in [5, 5.41) is 14.0. The fraction of sp³-hybridized carbons (Fsp3) is 0.250. The van der Waals surface area contributed by atoms with E-state index in [9.17, 15) is 9.59 Å². The van der Waals surface area contributed by atoms with E-state index in [0.717, 1.165) is 0 Å². The molecule has 2 N–H and O–H groups in total. The summed E-state index contributed by atoms with van der Waals surface area (Å²) in [4.78, 5) is 25.4. The van der Waals surface area contributed by atoms with Crippen molar-refractivity contribution in [2.75, 3.05) is 26.6 Å². The normalized spacial score (nSPS) is 15.3. The molecule has 0 aliphatic carbocycles. The van der Waals surface area contributed by atoms with Crippen molar-refractivity contribution < 1.29 is 28.2 Å². The number of hydrogen-bond acceptors (Lipinski definition) is 9. The number of aromatic nitrogens is 2. The third kappa shape index (κ3) is 5.40. The number of methoxy groups -OCH3 is 2. The molecule has 1 aliphatic rings. The first-order valence-electron chi connectivity index (χ1n) is 10.7. The van der Waals surface area contributed by atoms with Crippen LogP contribution in [0.5, 0.6) is 11.5 Å². The molecule has 0 saturated carbocycles. The van der Waals surface area contributed by atoms with Crippen LogP contribution in [0.1, 0.15) is 18.5 Å². The molecule has 1 aliphatic heterocycles. The predicted molar refractivity (Wildman–Crippen MR) is 128 cm³/mol. The molecule has 10 nitrogen and oxygen atoms in total. The summed E-state index contributed by atoms with van der Waals surface area (Å²) >= 11 is 1.19. The fourth-order valence-corrected chi connectivity index (χ4v) is 4.29. The van der Waals surface area contributed by atoms with Crippen molar-refractivity contribution in [3.05, 3.63) is 65.4 Å². The first kappa shape index (κ1) is 24.1. The first-order valence-corrected chi connectivity index (χ1v) is 11.7. The number of urea groups is 1. The molecule has 11 heteroatoms. The van der Waals surface area contributed by atoms with Gasteiger partial charge in [-0.15, -0.1) is 10.2 Å². The number of nitrogens with one attached hydrogen (secondary N) is 2. The maximum atomic E-state index is 12.9. The third-order valence-electron chi connectivity index (χ3n) is 5.18. The Bertz CT molecular complexity index is 1240. The number of amides is 2. The second kappa shape index (κ2) is 11.0. The van der Waals surface area contributed by atoms with E-state index in [4.69, 9.17) is 18.6 Å². The van der Waals surface area contributed by atoms with E-state index in [1.807, 2.05) is 18.2 Å². The molecular weight excluding hydrogens is 472 g/mol. The van der Waals surface area contributed by atoms with E-state index >= 15 is 0 Å². The van der Waals surface area contributed by atoms with Crippen LogP contribution in [0.4, 0.5) is 4.79 Å². The zero-order chi connectivity index (χ0) is 24.8. The third-order valence-corrected chi connectivity index (χ3v) is 6.03. The van der Waals surface area contributed by atoms with E-state index in [0.29, 0.717) is 39.8 Å². The Kier molecular flexibility index (Phi) is 7.56. The van der Waals surface area contributed by atoms with Gasteiger partial charge in [0.15, 0.2) is 0 Å². The van der Waals surface area contributed by atoms with E-state index in [1.165, 1.54) is 11.8 Å². The SMILES string of the molecule is CCOC(=O)C1=C(CSc2nnc(-c3ccccc3OC)o2)NC(=O)NC1c1ccc(OC)cc1. The molecule has 1 atom stereocenters. The molecular formula is C24H24N4O6S. The largest absolute Gasteiger partial charge is 0.497 e. The molecule has 1 unspecified atom stereocenters. The van der Waals surface area contributed by atoms with Crippen molar-refractivity contribution in [2.24, 2.45) is 0 Å². The summed E-state index contributed by atoms with van der Waals surface area (Å²) < 4.78 is 21.6. The summed E-state index contributed by atoms with van der Waals surface area (Å²) in [5.41, 5.74) is 2.07. The van der Waals surface area contributed by atoms with Crippen molar-refractivity contribution in [3.63, 3.8) is 0 Å². The van der Waals surface area contributed by atoms with Gasteiger partial charge >= 0.3 is 12.0 Å². The Labute approximate surface area is 206 Å². The van der Waals surface area contributed by atoms with E-state index in [1.54, 1.807) is 51.5 Å².